The van der Waals surface area contributed by atoms with Crippen molar-refractivity contribution in [2.45, 2.75) is 13.0 Å². The van der Waals surface area contributed by atoms with Gasteiger partial charge in [0.2, 0.25) is 6.79 Å². The fourth-order valence-electron chi connectivity index (χ4n) is 2.31. The van der Waals surface area contributed by atoms with Gasteiger partial charge in [0, 0.05) is 6.07 Å². The third kappa shape index (κ3) is 2.94. The summed E-state index contributed by atoms with van der Waals surface area (Å²) < 4.78 is 15.7. The molecule has 0 bridgehead atoms. The molecular weight excluding hydrogens is 302 g/mol. The molecule has 0 aromatic heterocycles. The smallest absolute Gasteiger partial charge is 0.338 e. The quantitative estimate of drug-likeness (QED) is 0.489. The van der Waals surface area contributed by atoms with E-state index in [1.165, 1.54) is 12.1 Å². The van der Waals surface area contributed by atoms with Gasteiger partial charge in [-0.3, -0.25) is 10.1 Å². The summed E-state index contributed by atoms with van der Waals surface area (Å²) in [5.74, 6) is 0.444. The highest BCUT2D eigenvalue weighted by Gasteiger charge is 2.23. The maximum Gasteiger partial charge on any atom is 0.338 e. The van der Waals surface area contributed by atoms with Crippen molar-refractivity contribution in [3.05, 3.63) is 63.7 Å². The Labute approximate surface area is 131 Å². The number of carbonyl (C=O) groups excluding carboxylic acids is 1. The summed E-state index contributed by atoms with van der Waals surface area (Å²) in [6, 6.07) is 10.9. The summed E-state index contributed by atoms with van der Waals surface area (Å²) in [5.41, 5.74) is 0.546. The third-order valence-corrected chi connectivity index (χ3v) is 3.46. The molecule has 2 aromatic carbocycles. The first-order valence-corrected chi connectivity index (χ1v) is 6.90. The minimum Gasteiger partial charge on any atom is -0.454 e. The van der Waals surface area contributed by atoms with Crippen LogP contribution in [0.5, 0.6) is 11.5 Å². The molecule has 0 aliphatic carbocycles. The summed E-state index contributed by atoms with van der Waals surface area (Å²) in [6.07, 6.45) is -0.755. The van der Waals surface area contributed by atoms with Crippen LogP contribution in [0, 0.1) is 10.1 Å². The van der Waals surface area contributed by atoms with E-state index < -0.39 is 17.0 Å². The van der Waals surface area contributed by atoms with Crippen molar-refractivity contribution >= 4 is 11.7 Å². The van der Waals surface area contributed by atoms with Crippen LogP contribution >= 0.6 is 0 Å². The van der Waals surface area contributed by atoms with Gasteiger partial charge in [0.1, 0.15) is 6.10 Å². The fourth-order valence-corrected chi connectivity index (χ4v) is 2.31. The van der Waals surface area contributed by atoms with E-state index in [2.05, 4.69) is 0 Å². The van der Waals surface area contributed by atoms with Crippen LogP contribution in [0.25, 0.3) is 0 Å². The van der Waals surface area contributed by atoms with Crippen LogP contribution in [0.3, 0.4) is 0 Å². The first kappa shape index (κ1) is 14.8. The second kappa shape index (κ2) is 5.96. The number of esters is 1. The molecule has 1 unspecified atom stereocenters. The van der Waals surface area contributed by atoms with Gasteiger partial charge in [0.05, 0.1) is 16.1 Å². The molecule has 23 heavy (non-hydrogen) atoms. The van der Waals surface area contributed by atoms with Crippen LogP contribution < -0.4 is 9.47 Å². The van der Waals surface area contributed by atoms with Crippen molar-refractivity contribution in [3.63, 3.8) is 0 Å². The molecule has 7 nitrogen and oxygen atoms in total. The molecule has 7 heteroatoms. The van der Waals surface area contributed by atoms with Crippen LogP contribution in [-0.2, 0) is 4.74 Å². The molecule has 1 aliphatic heterocycles. The maximum absolute atomic E-state index is 12.2. The van der Waals surface area contributed by atoms with E-state index in [1.807, 2.05) is 0 Å². The number of fused-ring (bicyclic) bond motifs is 1. The highest BCUT2D eigenvalue weighted by molar-refractivity contribution is 5.90. The van der Waals surface area contributed by atoms with E-state index in [9.17, 15) is 14.9 Å². The minimum atomic E-state index is -0.755. The number of nitro groups is 1. The van der Waals surface area contributed by atoms with Crippen molar-refractivity contribution in [2.75, 3.05) is 6.79 Å². The molecule has 0 saturated heterocycles. The number of carbonyl (C=O) groups is 1. The van der Waals surface area contributed by atoms with Crippen molar-refractivity contribution in [1.29, 1.82) is 0 Å². The van der Waals surface area contributed by atoms with Gasteiger partial charge in [0.15, 0.2) is 11.5 Å². The predicted molar refractivity (Wildman–Crippen MR) is 79.5 cm³/mol. The number of nitro benzene ring substituents is 1. The van der Waals surface area contributed by atoms with E-state index in [0.29, 0.717) is 22.6 Å². The lowest BCUT2D eigenvalue weighted by molar-refractivity contribution is -0.386. The Bertz CT molecular complexity index is 773. The van der Waals surface area contributed by atoms with Crippen LogP contribution in [-0.4, -0.2) is 17.7 Å². The van der Waals surface area contributed by atoms with Gasteiger partial charge in [-0.1, -0.05) is 12.1 Å². The lowest BCUT2D eigenvalue weighted by Crippen LogP contribution is -2.10. The molecule has 0 saturated carbocycles. The molecule has 1 atom stereocenters. The first-order chi connectivity index (χ1) is 11.1. The molecule has 0 amide bonds. The number of benzene rings is 2. The highest BCUT2D eigenvalue weighted by Crippen LogP contribution is 2.33. The van der Waals surface area contributed by atoms with Crippen LogP contribution in [0.15, 0.2) is 42.5 Å². The lowest BCUT2D eigenvalue weighted by atomic mass is 10.1. The fraction of sp³-hybridized carbons (Fsp3) is 0.188. The SMILES string of the molecule is CC(OC(=O)c1ccc2c(c1)OCO2)c1ccccc1[N+](=O)[O-]. The summed E-state index contributed by atoms with van der Waals surface area (Å²) in [6.45, 7) is 1.70. The molecule has 0 radical (unpaired) electrons. The van der Waals surface area contributed by atoms with E-state index in [-0.39, 0.29) is 12.5 Å². The summed E-state index contributed by atoms with van der Waals surface area (Å²) >= 11 is 0. The normalized spacial score (nSPS) is 13.4. The summed E-state index contributed by atoms with van der Waals surface area (Å²) in [5, 5.41) is 11.0. The number of ether oxygens (including phenoxy) is 3. The molecule has 0 N–H and O–H groups in total. The molecule has 0 fully saturated rings. The predicted octanol–water partition coefficient (Wildman–Crippen LogP) is 3.24. The number of nitrogens with zero attached hydrogens (tertiary/aromatic N) is 1. The van der Waals surface area contributed by atoms with E-state index in [0.717, 1.165) is 0 Å². The third-order valence-electron chi connectivity index (χ3n) is 3.46. The molecular formula is C16H13NO6. The maximum atomic E-state index is 12.2. The molecule has 118 valence electrons. The van der Waals surface area contributed by atoms with Crippen LogP contribution in [0.4, 0.5) is 5.69 Å². The molecule has 1 heterocycles. The second-order valence-corrected chi connectivity index (χ2v) is 4.93. The van der Waals surface area contributed by atoms with Crippen LogP contribution in [0.2, 0.25) is 0 Å². The Balaban J connectivity index is 1.79. The van der Waals surface area contributed by atoms with Crippen molar-refractivity contribution < 1.29 is 23.9 Å². The Morgan fingerprint density at radius 1 is 1.22 bits per heavy atom. The van der Waals surface area contributed by atoms with Gasteiger partial charge in [0.25, 0.3) is 5.69 Å². The monoisotopic (exact) mass is 315 g/mol. The highest BCUT2D eigenvalue weighted by atomic mass is 16.7. The van der Waals surface area contributed by atoms with E-state index in [4.69, 9.17) is 14.2 Å². The van der Waals surface area contributed by atoms with Gasteiger partial charge in [-0.2, -0.15) is 0 Å². The van der Waals surface area contributed by atoms with E-state index in [1.54, 1.807) is 37.3 Å². The molecule has 1 aliphatic rings. The number of rotatable bonds is 4. The summed E-state index contributed by atoms with van der Waals surface area (Å²) in [7, 11) is 0. The van der Waals surface area contributed by atoms with Gasteiger partial charge in [-0.15, -0.1) is 0 Å². The van der Waals surface area contributed by atoms with E-state index >= 15 is 0 Å². The van der Waals surface area contributed by atoms with Crippen molar-refractivity contribution in [1.82, 2.24) is 0 Å². The van der Waals surface area contributed by atoms with Gasteiger partial charge in [-0.25, -0.2) is 4.79 Å². The molecule has 3 rings (SSSR count). The van der Waals surface area contributed by atoms with Gasteiger partial charge >= 0.3 is 5.97 Å². The van der Waals surface area contributed by atoms with Gasteiger partial charge in [-0.05, 0) is 31.2 Å². The minimum absolute atomic E-state index is 0.0847. The Morgan fingerprint density at radius 3 is 2.74 bits per heavy atom. The Hall–Kier alpha value is -3.09. The van der Waals surface area contributed by atoms with Crippen molar-refractivity contribution in [3.8, 4) is 11.5 Å². The number of hydrogen-bond acceptors (Lipinski definition) is 6. The zero-order valence-corrected chi connectivity index (χ0v) is 12.2. The van der Waals surface area contributed by atoms with Crippen molar-refractivity contribution in [2.24, 2.45) is 0 Å². The summed E-state index contributed by atoms with van der Waals surface area (Å²) in [4.78, 5) is 22.8. The first-order valence-electron chi connectivity index (χ1n) is 6.90. The largest absolute Gasteiger partial charge is 0.454 e. The average molecular weight is 315 g/mol. The molecule has 2 aromatic rings. The number of hydrogen-bond donors (Lipinski definition) is 0. The standard InChI is InChI=1S/C16H13NO6/c1-10(12-4-2-3-5-13(12)17(19)20)23-16(18)11-6-7-14-15(8-11)22-9-21-14/h2-8,10H,9H2,1H3. The van der Waals surface area contributed by atoms with Gasteiger partial charge < -0.3 is 14.2 Å². The second-order valence-electron chi connectivity index (χ2n) is 4.93. The average Bonchev–Trinajstić information content (AvgIpc) is 3.02. The topological polar surface area (TPSA) is 87.9 Å². The Kier molecular flexibility index (Phi) is 3.84. The zero-order chi connectivity index (χ0) is 16.4. The Morgan fingerprint density at radius 2 is 1.96 bits per heavy atom. The molecule has 0 spiro atoms. The lowest BCUT2D eigenvalue weighted by Gasteiger charge is -2.14. The van der Waals surface area contributed by atoms with Crippen LogP contribution in [0.1, 0.15) is 28.9 Å². The number of para-hydroxylation sites is 1. The zero-order valence-electron chi connectivity index (χ0n) is 12.2.